The maximum absolute atomic E-state index is 12.8. The van der Waals surface area contributed by atoms with Gasteiger partial charge in [-0.2, -0.15) is 0 Å². The van der Waals surface area contributed by atoms with Crippen molar-refractivity contribution in [2.75, 3.05) is 51.3 Å². The Kier molecular flexibility index (Phi) is 5.75. The molecule has 3 fully saturated rings. The highest BCUT2D eigenvalue weighted by Gasteiger charge is 2.44. The van der Waals surface area contributed by atoms with Crippen molar-refractivity contribution in [3.8, 4) is 0 Å². The summed E-state index contributed by atoms with van der Waals surface area (Å²) in [5.41, 5.74) is 0.856. The zero-order valence-electron chi connectivity index (χ0n) is 16.5. The van der Waals surface area contributed by atoms with Crippen LogP contribution in [0.3, 0.4) is 0 Å². The fourth-order valence-corrected chi connectivity index (χ4v) is 4.18. The van der Waals surface area contributed by atoms with E-state index in [1.807, 2.05) is 11.0 Å². The number of ether oxygens (including phenoxy) is 1. The number of hydrogen-bond acceptors (Lipinski definition) is 6. The average molecular weight is 387 g/mol. The van der Waals surface area contributed by atoms with E-state index in [9.17, 15) is 9.59 Å². The molecule has 0 unspecified atom stereocenters. The molecule has 0 spiro atoms. The Balaban J connectivity index is 1.53. The lowest BCUT2D eigenvalue weighted by atomic mass is 9.92. The van der Waals surface area contributed by atoms with Crippen molar-refractivity contribution >= 4 is 17.8 Å². The smallest absolute Gasteiger partial charge is 0.225 e. The first-order valence-corrected chi connectivity index (χ1v) is 10.3. The van der Waals surface area contributed by atoms with E-state index in [4.69, 9.17) is 9.72 Å². The molecule has 2 aliphatic heterocycles. The Morgan fingerprint density at radius 3 is 2.75 bits per heavy atom. The molecule has 28 heavy (non-hydrogen) atoms. The third-order valence-electron chi connectivity index (χ3n) is 5.93. The minimum Gasteiger partial charge on any atom is -0.383 e. The molecule has 2 atom stereocenters. The van der Waals surface area contributed by atoms with Gasteiger partial charge in [-0.05, 0) is 31.7 Å². The van der Waals surface area contributed by atoms with Crippen molar-refractivity contribution < 1.29 is 14.3 Å². The second-order valence-electron chi connectivity index (χ2n) is 7.99. The fraction of sp³-hybridized carbons (Fsp3) is 0.700. The first-order chi connectivity index (χ1) is 13.7. The molecule has 3 heterocycles. The third kappa shape index (κ3) is 4.11. The first kappa shape index (κ1) is 19.1. The van der Waals surface area contributed by atoms with Gasteiger partial charge >= 0.3 is 0 Å². The van der Waals surface area contributed by atoms with Gasteiger partial charge in [0, 0.05) is 57.9 Å². The van der Waals surface area contributed by atoms with E-state index in [1.165, 1.54) is 0 Å². The van der Waals surface area contributed by atoms with Crippen LogP contribution in [0.1, 0.15) is 37.3 Å². The molecule has 0 bridgehead atoms. The van der Waals surface area contributed by atoms with Crippen LogP contribution < -0.4 is 10.2 Å². The number of aromatic nitrogens is 2. The molecule has 8 heteroatoms. The molecule has 0 radical (unpaired) electrons. The molecule has 8 nitrogen and oxygen atoms in total. The maximum atomic E-state index is 12.8. The number of methoxy groups -OCH3 is 1. The van der Waals surface area contributed by atoms with Crippen LogP contribution in [0, 0.1) is 11.8 Å². The van der Waals surface area contributed by atoms with Gasteiger partial charge in [0.2, 0.25) is 17.8 Å². The predicted molar refractivity (Wildman–Crippen MR) is 104 cm³/mol. The van der Waals surface area contributed by atoms with Gasteiger partial charge in [-0.15, -0.1) is 0 Å². The number of likely N-dealkylation sites (tertiary alicyclic amines) is 1. The number of amides is 2. The van der Waals surface area contributed by atoms with Crippen LogP contribution in [0.5, 0.6) is 0 Å². The van der Waals surface area contributed by atoms with Crippen LogP contribution >= 0.6 is 0 Å². The number of rotatable bonds is 7. The largest absolute Gasteiger partial charge is 0.383 e. The summed E-state index contributed by atoms with van der Waals surface area (Å²) in [4.78, 5) is 38.7. The summed E-state index contributed by atoms with van der Waals surface area (Å²) in [5, 5.41) is 2.94. The summed E-state index contributed by atoms with van der Waals surface area (Å²) in [6.45, 7) is 3.90. The Labute approximate surface area is 165 Å². The molecular formula is C20H29N5O3. The standard InChI is InChI=1S/C20H29N5O3/c1-28-11-8-21-18(26)16-13-25(19(27)14-4-5-14)12-15(16)17-6-7-22-20(23-17)24-9-2-3-10-24/h6-7,14-16H,2-5,8-13H2,1H3,(H,21,26)/t15-,16-/m1/s1. The molecule has 1 N–H and O–H groups in total. The average Bonchev–Trinajstić information content (AvgIpc) is 3.24. The number of nitrogens with one attached hydrogen (secondary N) is 1. The maximum Gasteiger partial charge on any atom is 0.225 e. The number of carbonyl (C=O) groups excluding carboxylic acids is 2. The van der Waals surface area contributed by atoms with Gasteiger partial charge in [0.15, 0.2) is 0 Å². The monoisotopic (exact) mass is 387 g/mol. The molecule has 1 aliphatic carbocycles. The van der Waals surface area contributed by atoms with Gasteiger partial charge in [0.05, 0.1) is 18.2 Å². The highest BCUT2D eigenvalue weighted by Crippen LogP contribution is 2.37. The van der Waals surface area contributed by atoms with Crippen molar-refractivity contribution in [3.63, 3.8) is 0 Å². The molecule has 152 valence electrons. The van der Waals surface area contributed by atoms with Crippen molar-refractivity contribution in [1.29, 1.82) is 0 Å². The van der Waals surface area contributed by atoms with Gasteiger partial charge < -0.3 is 19.9 Å². The summed E-state index contributed by atoms with van der Waals surface area (Å²) in [6, 6.07) is 1.89. The molecule has 2 saturated heterocycles. The molecule has 1 saturated carbocycles. The van der Waals surface area contributed by atoms with E-state index in [2.05, 4.69) is 15.2 Å². The Morgan fingerprint density at radius 1 is 1.25 bits per heavy atom. The first-order valence-electron chi connectivity index (χ1n) is 10.3. The fourth-order valence-electron chi connectivity index (χ4n) is 4.18. The van der Waals surface area contributed by atoms with Crippen molar-refractivity contribution in [2.45, 2.75) is 31.6 Å². The van der Waals surface area contributed by atoms with E-state index in [0.29, 0.717) is 26.2 Å². The van der Waals surface area contributed by atoms with Crippen LogP contribution in [0.2, 0.25) is 0 Å². The lowest BCUT2D eigenvalue weighted by Gasteiger charge is -2.20. The van der Waals surface area contributed by atoms with Gasteiger partial charge in [-0.25, -0.2) is 9.97 Å². The third-order valence-corrected chi connectivity index (χ3v) is 5.93. The minimum atomic E-state index is -0.291. The van der Waals surface area contributed by atoms with Crippen LogP contribution in [-0.4, -0.2) is 73.1 Å². The number of nitrogens with zero attached hydrogens (tertiary/aromatic N) is 4. The zero-order valence-corrected chi connectivity index (χ0v) is 16.5. The van der Waals surface area contributed by atoms with Crippen LogP contribution in [0.25, 0.3) is 0 Å². The van der Waals surface area contributed by atoms with Crippen LogP contribution in [0.4, 0.5) is 5.95 Å². The van der Waals surface area contributed by atoms with Crippen molar-refractivity contribution in [1.82, 2.24) is 20.2 Å². The van der Waals surface area contributed by atoms with E-state index in [1.54, 1.807) is 13.3 Å². The molecule has 3 aliphatic rings. The summed E-state index contributed by atoms with van der Waals surface area (Å²) >= 11 is 0. The number of hydrogen-bond donors (Lipinski definition) is 1. The molecule has 1 aromatic rings. The van der Waals surface area contributed by atoms with Gasteiger partial charge in [0.25, 0.3) is 0 Å². The molecule has 0 aromatic carbocycles. The SMILES string of the molecule is COCCNC(=O)[C@@H]1CN(C(=O)C2CC2)C[C@H]1c1ccnc(N2CCCC2)n1. The van der Waals surface area contributed by atoms with Crippen LogP contribution in [-0.2, 0) is 14.3 Å². The molecule has 2 amide bonds. The van der Waals surface area contributed by atoms with Crippen LogP contribution in [0.15, 0.2) is 12.3 Å². The van der Waals surface area contributed by atoms with E-state index >= 15 is 0 Å². The Hall–Kier alpha value is -2.22. The van der Waals surface area contributed by atoms with Gasteiger partial charge in [0.1, 0.15) is 0 Å². The van der Waals surface area contributed by atoms with E-state index in [0.717, 1.165) is 50.4 Å². The number of carbonyl (C=O) groups is 2. The summed E-state index contributed by atoms with van der Waals surface area (Å²) in [7, 11) is 1.61. The quantitative estimate of drug-likeness (QED) is 0.696. The summed E-state index contributed by atoms with van der Waals surface area (Å²) in [5.74, 6) is 0.651. The lowest BCUT2D eigenvalue weighted by Crippen LogP contribution is -2.37. The normalized spacial score (nSPS) is 24.6. The minimum absolute atomic E-state index is 0.0329. The highest BCUT2D eigenvalue weighted by atomic mass is 16.5. The Morgan fingerprint density at radius 2 is 2.04 bits per heavy atom. The molecular weight excluding hydrogens is 358 g/mol. The van der Waals surface area contributed by atoms with Crippen molar-refractivity contribution in [3.05, 3.63) is 18.0 Å². The van der Waals surface area contributed by atoms with Crippen molar-refractivity contribution in [2.24, 2.45) is 11.8 Å². The second kappa shape index (κ2) is 8.43. The summed E-state index contributed by atoms with van der Waals surface area (Å²) < 4.78 is 5.03. The molecule has 1 aromatic heterocycles. The second-order valence-corrected chi connectivity index (χ2v) is 7.99. The summed E-state index contributed by atoms with van der Waals surface area (Å²) in [6.07, 6.45) is 6.03. The zero-order chi connectivity index (χ0) is 19.5. The lowest BCUT2D eigenvalue weighted by molar-refractivity contribution is -0.132. The molecule has 4 rings (SSSR count). The Bertz CT molecular complexity index is 718. The predicted octanol–water partition coefficient (Wildman–Crippen LogP) is 0.791. The number of anilines is 1. The van der Waals surface area contributed by atoms with Gasteiger partial charge in [-0.3, -0.25) is 9.59 Å². The van der Waals surface area contributed by atoms with E-state index in [-0.39, 0.29) is 29.6 Å². The topological polar surface area (TPSA) is 87.7 Å². The highest BCUT2D eigenvalue weighted by molar-refractivity contribution is 5.85. The van der Waals surface area contributed by atoms with E-state index < -0.39 is 0 Å². The van der Waals surface area contributed by atoms with Gasteiger partial charge in [-0.1, -0.05) is 0 Å².